The minimum atomic E-state index is -1.35. The Morgan fingerprint density at radius 1 is 0.929 bits per heavy atom. The average molecular weight is 411 g/mol. The number of ether oxygens (including phenoxy) is 3. The third-order valence-corrected chi connectivity index (χ3v) is 5.52. The van der Waals surface area contributed by atoms with Gasteiger partial charge in [-0.15, -0.1) is 0 Å². The molecule has 2 fully saturated rings. The fraction of sp³-hybridized carbons (Fsp3) is 1.00. The van der Waals surface area contributed by atoms with Crippen molar-refractivity contribution < 1.29 is 39.7 Å². The summed E-state index contributed by atoms with van der Waals surface area (Å²) in [5, 5.41) is 45.4. The minimum Gasteiger partial charge on any atom is -0.394 e. The van der Waals surface area contributed by atoms with Gasteiger partial charge in [0.15, 0.2) is 6.29 Å². The van der Waals surface area contributed by atoms with E-state index >= 15 is 0 Å². The molecule has 2 heterocycles. The molecule has 10 atom stereocenters. The smallest absolute Gasteiger partial charge is 0.173 e. The summed E-state index contributed by atoms with van der Waals surface area (Å²) < 4.78 is 16.1. The van der Waals surface area contributed by atoms with Crippen LogP contribution in [0, 0.1) is 11.8 Å². The van der Waals surface area contributed by atoms with E-state index in [1.54, 1.807) is 7.11 Å². The van der Waals surface area contributed by atoms with Gasteiger partial charge in [0, 0.05) is 13.0 Å². The Labute approximate surface area is 166 Å². The van der Waals surface area contributed by atoms with Crippen molar-refractivity contribution >= 4 is 0 Å². The Balaban J connectivity index is 0.000000292. The zero-order valence-corrected chi connectivity index (χ0v) is 17.1. The van der Waals surface area contributed by atoms with Crippen molar-refractivity contribution in [1.82, 2.24) is 0 Å². The Kier molecular flexibility index (Phi) is 10.7. The quantitative estimate of drug-likeness (QED) is 0.256. The van der Waals surface area contributed by atoms with Gasteiger partial charge in [-0.3, -0.25) is 0 Å². The molecular weight excluding hydrogens is 372 g/mol. The van der Waals surface area contributed by atoms with E-state index in [4.69, 9.17) is 35.9 Å². The van der Waals surface area contributed by atoms with Crippen molar-refractivity contribution in [2.75, 3.05) is 20.3 Å². The van der Waals surface area contributed by atoms with Crippen LogP contribution in [0.2, 0.25) is 0 Å². The van der Waals surface area contributed by atoms with Gasteiger partial charge in [-0.25, -0.2) is 0 Å². The largest absolute Gasteiger partial charge is 0.394 e. The molecule has 2 saturated heterocycles. The molecule has 168 valence electrons. The van der Waals surface area contributed by atoms with E-state index in [0.717, 1.165) is 6.42 Å². The molecule has 0 aromatic rings. The zero-order valence-electron chi connectivity index (χ0n) is 17.1. The molecule has 2 aliphatic heterocycles. The van der Waals surface area contributed by atoms with Gasteiger partial charge in [-0.1, -0.05) is 20.8 Å². The molecule has 2 rings (SSSR count). The van der Waals surface area contributed by atoms with Crippen molar-refractivity contribution in [3.63, 3.8) is 0 Å². The fourth-order valence-electron chi connectivity index (χ4n) is 3.80. The van der Waals surface area contributed by atoms with Crippen LogP contribution in [0.3, 0.4) is 0 Å². The Morgan fingerprint density at radius 3 is 1.93 bits per heavy atom. The van der Waals surface area contributed by atoms with Gasteiger partial charge >= 0.3 is 0 Å². The summed E-state index contributed by atoms with van der Waals surface area (Å²) in [6, 6.07) is -1.15. The minimum absolute atomic E-state index is 0.0247. The maximum atomic E-state index is 9.37. The summed E-state index contributed by atoms with van der Waals surface area (Å²) in [7, 11) is 1.68. The van der Waals surface area contributed by atoms with Gasteiger partial charge in [0.05, 0.1) is 43.6 Å². The monoisotopic (exact) mass is 410 g/mol. The molecule has 0 aromatic heterocycles. The normalized spacial score (nSPS) is 44.1. The summed E-state index contributed by atoms with van der Waals surface area (Å²) in [6.45, 7) is 5.80. The SMILES string of the molecule is CCC1C(CO)OC(C(C)C)C(N)C1OC.NC1C(O)OC(CO)C(O)C1O. The van der Waals surface area contributed by atoms with Gasteiger partial charge in [0.1, 0.15) is 18.3 Å². The molecule has 0 aliphatic carbocycles. The Bertz CT molecular complexity index is 439. The lowest BCUT2D eigenvalue weighted by atomic mass is 9.81. The number of hydrogen-bond acceptors (Lipinski definition) is 10. The predicted octanol–water partition coefficient (Wildman–Crippen LogP) is -2.48. The summed E-state index contributed by atoms with van der Waals surface area (Å²) >= 11 is 0. The summed E-state index contributed by atoms with van der Waals surface area (Å²) in [5.74, 6) is 0.513. The van der Waals surface area contributed by atoms with Crippen molar-refractivity contribution in [1.29, 1.82) is 0 Å². The molecule has 2 aliphatic rings. The van der Waals surface area contributed by atoms with E-state index in [2.05, 4.69) is 20.8 Å². The Morgan fingerprint density at radius 2 is 1.50 bits per heavy atom. The van der Waals surface area contributed by atoms with Crippen molar-refractivity contribution in [3.05, 3.63) is 0 Å². The van der Waals surface area contributed by atoms with Crippen LogP contribution in [-0.2, 0) is 14.2 Å². The standard InChI is InChI=1S/C12H25NO3.C6H13NO5/c1-5-8-9(6-14)16-11(7(2)3)10(13)12(8)15-4;7-3-5(10)4(9)2(1-8)12-6(3)11/h7-12,14H,5-6,13H2,1-4H3;2-6,8-11H,1,7H2. The number of methoxy groups -OCH3 is 1. The molecule has 28 heavy (non-hydrogen) atoms. The van der Waals surface area contributed by atoms with E-state index in [0.29, 0.717) is 5.92 Å². The van der Waals surface area contributed by atoms with Crippen molar-refractivity contribution in [2.45, 2.75) is 82.2 Å². The number of nitrogens with two attached hydrogens (primary N) is 2. The highest BCUT2D eigenvalue weighted by Gasteiger charge is 2.44. The van der Waals surface area contributed by atoms with E-state index in [-0.39, 0.29) is 36.9 Å². The van der Waals surface area contributed by atoms with Crippen molar-refractivity contribution in [3.8, 4) is 0 Å². The number of hydrogen-bond donors (Lipinski definition) is 7. The molecule has 10 unspecified atom stereocenters. The summed E-state index contributed by atoms with van der Waals surface area (Å²) in [6.07, 6.45) is -4.16. The first-order valence-corrected chi connectivity index (χ1v) is 9.75. The fourth-order valence-corrected chi connectivity index (χ4v) is 3.80. The first-order valence-electron chi connectivity index (χ1n) is 9.75. The number of rotatable bonds is 5. The van der Waals surface area contributed by atoms with E-state index in [1.807, 2.05) is 0 Å². The van der Waals surface area contributed by atoms with Gasteiger partial charge < -0.3 is 51.2 Å². The number of aliphatic hydroxyl groups excluding tert-OH is 5. The predicted molar refractivity (Wildman–Crippen MR) is 101 cm³/mol. The van der Waals surface area contributed by atoms with E-state index < -0.39 is 37.3 Å². The second kappa shape index (κ2) is 11.7. The molecule has 10 nitrogen and oxygen atoms in total. The van der Waals surface area contributed by atoms with Crippen LogP contribution in [0.1, 0.15) is 27.2 Å². The van der Waals surface area contributed by atoms with Crippen LogP contribution in [-0.4, -0.2) is 101 Å². The van der Waals surface area contributed by atoms with E-state index in [1.165, 1.54) is 0 Å². The third kappa shape index (κ3) is 5.82. The first kappa shape index (κ1) is 25.6. The van der Waals surface area contributed by atoms with Gasteiger partial charge in [-0.05, 0) is 12.3 Å². The second-order valence-corrected chi connectivity index (χ2v) is 7.72. The van der Waals surface area contributed by atoms with Crippen LogP contribution < -0.4 is 11.5 Å². The van der Waals surface area contributed by atoms with Crippen LogP contribution in [0.15, 0.2) is 0 Å². The average Bonchev–Trinajstić information content (AvgIpc) is 2.68. The third-order valence-electron chi connectivity index (χ3n) is 5.52. The molecule has 0 amide bonds. The van der Waals surface area contributed by atoms with Gasteiger partial charge in [0.2, 0.25) is 0 Å². The zero-order chi connectivity index (χ0) is 21.6. The maximum Gasteiger partial charge on any atom is 0.173 e. The highest BCUT2D eigenvalue weighted by atomic mass is 16.6. The lowest BCUT2D eigenvalue weighted by Gasteiger charge is -2.46. The molecule has 0 radical (unpaired) electrons. The highest BCUT2D eigenvalue weighted by Crippen LogP contribution is 2.32. The lowest BCUT2D eigenvalue weighted by molar-refractivity contribution is -0.248. The topological polar surface area (TPSA) is 181 Å². The summed E-state index contributed by atoms with van der Waals surface area (Å²) in [5.41, 5.74) is 11.4. The first-order chi connectivity index (χ1) is 13.1. The summed E-state index contributed by atoms with van der Waals surface area (Å²) in [4.78, 5) is 0. The van der Waals surface area contributed by atoms with Crippen LogP contribution in [0.5, 0.6) is 0 Å². The Hall–Kier alpha value is -0.400. The number of aliphatic hydroxyl groups is 5. The molecule has 10 heteroatoms. The van der Waals surface area contributed by atoms with Crippen LogP contribution >= 0.6 is 0 Å². The lowest BCUT2D eigenvalue weighted by Crippen LogP contribution is -2.61. The van der Waals surface area contributed by atoms with Crippen molar-refractivity contribution in [2.24, 2.45) is 23.3 Å². The molecule has 0 aromatic carbocycles. The van der Waals surface area contributed by atoms with Gasteiger partial charge in [0.25, 0.3) is 0 Å². The molecule has 0 saturated carbocycles. The maximum absolute atomic E-state index is 9.37. The highest BCUT2D eigenvalue weighted by molar-refractivity contribution is 4.95. The van der Waals surface area contributed by atoms with Crippen LogP contribution in [0.4, 0.5) is 0 Å². The molecule has 0 spiro atoms. The molecule has 9 N–H and O–H groups in total. The molecular formula is C18H38N2O8. The van der Waals surface area contributed by atoms with Gasteiger partial charge in [-0.2, -0.15) is 0 Å². The molecule has 0 bridgehead atoms. The second-order valence-electron chi connectivity index (χ2n) is 7.72. The van der Waals surface area contributed by atoms with Crippen LogP contribution in [0.25, 0.3) is 0 Å². The van der Waals surface area contributed by atoms with E-state index in [9.17, 15) is 15.3 Å².